The smallest absolute Gasteiger partial charge is 0.324 e. The Bertz CT molecular complexity index is 954. The van der Waals surface area contributed by atoms with Crippen molar-refractivity contribution < 1.29 is 28.8 Å². The number of hydrogen-bond donors (Lipinski definition) is 2. The lowest BCUT2D eigenvalue weighted by Crippen LogP contribution is -2.55. The summed E-state index contributed by atoms with van der Waals surface area (Å²) < 4.78 is 10.3. The largest absolute Gasteiger partial charge is 0.422 e. The summed E-state index contributed by atoms with van der Waals surface area (Å²) in [5.74, 6) is -8.50. The summed E-state index contributed by atoms with van der Waals surface area (Å²) in [5.41, 5.74) is 5.75. The van der Waals surface area contributed by atoms with Crippen LogP contribution in [-0.4, -0.2) is 39.5 Å². The number of amidine groups is 1. The summed E-state index contributed by atoms with van der Waals surface area (Å²) in [5, 5.41) is 13.3. The minimum Gasteiger partial charge on any atom is -0.422 e. The number of nitrogens with zero attached hydrogens (tertiary/aromatic N) is 2. The van der Waals surface area contributed by atoms with E-state index in [0.717, 1.165) is 6.07 Å². The van der Waals surface area contributed by atoms with E-state index < -0.39 is 46.3 Å². The first-order chi connectivity index (χ1) is 13.5. The third-order valence-electron chi connectivity index (χ3n) is 4.45. The van der Waals surface area contributed by atoms with Crippen molar-refractivity contribution in [2.45, 2.75) is 25.6 Å². The summed E-state index contributed by atoms with van der Waals surface area (Å²) in [6, 6.07) is 5.18. The number of ether oxygens (including phenoxy) is 2. The number of nitrogens with one attached hydrogen (secondary N) is 1. The molecule has 1 saturated heterocycles. The lowest BCUT2D eigenvalue weighted by molar-refractivity contribution is -0.385. The van der Waals surface area contributed by atoms with Crippen molar-refractivity contribution in [1.82, 2.24) is 5.32 Å². The molecule has 0 aromatic heterocycles. The molecule has 152 valence electrons. The Morgan fingerprint density at radius 2 is 1.86 bits per heavy atom. The Kier molecular flexibility index (Phi) is 5.05. The van der Waals surface area contributed by atoms with Gasteiger partial charge in [0.05, 0.1) is 4.92 Å². The zero-order chi connectivity index (χ0) is 21.5. The second kappa shape index (κ2) is 7.20. The van der Waals surface area contributed by atoms with Crippen molar-refractivity contribution in [3.63, 3.8) is 0 Å². The molecule has 11 nitrogen and oxygen atoms in total. The van der Waals surface area contributed by atoms with E-state index in [9.17, 15) is 24.5 Å². The third kappa shape index (κ3) is 3.92. The van der Waals surface area contributed by atoms with Crippen molar-refractivity contribution >= 4 is 46.7 Å². The molecule has 0 radical (unpaired) electrons. The Hall–Kier alpha value is -3.41. The molecule has 2 aliphatic rings. The fourth-order valence-electron chi connectivity index (χ4n) is 3.32. The van der Waals surface area contributed by atoms with Crippen LogP contribution in [0.2, 0.25) is 0 Å². The minimum absolute atomic E-state index is 0.143. The minimum atomic E-state index is -1.60. The fraction of sp³-hybridized carbons (Fsp3) is 0.353. The molecule has 0 spiro atoms. The number of non-ortho nitro benzene ring substituents is 1. The molecule has 3 N–H and O–H groups in total. The Balaban J connectivity index is 2.16. The van der Waals surface area contributed by atoms with Gasteiger partial charge in [-0.1, -0.05) is 12.1 Å². The van der Waals surface area contributed by atoms with Crippen LogP contribution >= 0.6 is 12.2 Å². The number of nitro benzene ring substituents is 1. The van der Waals surface area contributed by atoms with Crippen LogP contribution in [0.25, 0.3) is 0 Å². The molecule has 12 heteroatoms. The highest BCUT2D eigenvalue weighted by molar-refractivity contribution is 7.80. The molecule has 29 heavy (non-hydrogen) atoms. The maximum absolute atomic E-state index is 12.7. The molecule has 2 atom stereocenters. The first kappa shape index (κ1) is 20.3. The van der Waals surface area contributed by atoms with Gasteiger partial charge in [0.25, 0.3) is 11.5 Å². The first-order valence-electron chi connectivity index (χ1n) is 8.39. The number of thiocarbonyl (C=S) groups is 1. The summed E-state index contributed by atoms with van der Waals surface area (Å²) >= 11 is 4.83. The van der Waals surface area contributed by atoms with E-state index >= 15 is 0 Å². The van der Waals surface area contributed by atoms with Crippen LogP contribution in [0, 0.1) is 22.0 Å². The molecule has 0 aliphatic carbocycles. The van der Waals surface area contributed by atoms with Gasteiger partial charge in [-0.05, 0) is 17.8 Å². The SMILES string of the molecule is CC1(C)OC(=O)C(C(c2cccc([N+](=O)[O-])c2)C2C(=O)NC(=S)N=C2N)C(=O)O1. The first-order valence-corrected chi connectivity index (χ1v) is 8.80. The van der Waals surface area contributed by atoms with Gasteiger partial charge in [0.15, 0.2) is 5.92 Å². The van der Waals surface area contributed by atoms with Crippen LogP contribution in [0.4, 0.5) is 5.69 Å². The van der Waals surface area contributed by atoms with Gasteiger partial charge in [0.1, 0.15) is 11.8 Å². The summed E-state index contributed by atoms with van der Waals surface area (Å²) in [6.45, 7) is 2.76. The standard InChI is InChI=1S/C17H16N4O7S/c1-17(2)27-14(23)11(15(24)28-17)9(7-4-3-5-8(6-7)21(25)26)10-12(18)19-16(29)20-13(10)22/h3-6,9-11H,1-2H3,(H3,18,19,20,22,29). The van der Waals surface area contributed by atoms with Crippen LogP contribution in [0.3, 0.4) is 0 Å². The van der Waals surface area contributed by atoms with E-state index in [1.807, 2.05) is 0 Å². The van der Waals surface area contributed by atoms with Gasteiger partial charge in [-0.2, -0.15) is 0 Å². The van der Waals surface area contributed by atoms with Gasteiger partial charge >= 0.3 is 11.9 Å². The highest BCUT2D eigenvalue weighted by Crippen LogP contribution is 2.40. The lowest BCUT2D eigenvalue weighted by Gasteiger charge is -2.38. The number of nitro groups is 1. The van der Waals surface area contributed by atoms with Crippen molar-refractivity contribution in [2.24, 2.45) is 22.6 Å². The zero-order valence-electron chi connectivity index (χ0n) is 15.3. The number of esters is 2. The highest BCUT2D eigenvalue weighted by Gasteiger charge is 2.53. The van der Waals surface area contributed by atoms with Gasteiger partial charge in [0.2, 0.25) is 11.0 Å². The number of nitrogens with two attached hydrogens (primary N) is 1. The monoisotopic (exact) mass is 420 g/mol. The summed E-state index contributed by atoms with van der Waals surface area (Å²) in [7, 11) is 0. The van der Waals surface area contributed by atoms with Gasteiger partial charge < -0.3 is 20.5 Å². The predicted molar refractivity (Wildman–Crippen MR) is 101 cm³/mol. The molecular formula is C17H16N4O7S. The van der Waals surface area contributed by atoms with E-state index in [2.05, 4.69) is 10.3 Å². The number of cyclic esters (lactones) is 2. The molecule has 3 rings (SSSR count). The van der Waals surface area contributed by atoms with Crippen LogP contribution in [0.5, 0.6) is 0 Å². The Morgan fingerprint density at radius 3 is 2.41 bits per heavy atom. The quantitative estimate of drug-likeness (QED) is 0.232. The number of amides is 1. The molecule has 0 saturated carbocycles. The average Bonchev–Trinajstić information content (AvgIpc) is 2.58. The van der Waals surface area contributed by atoms with Crippen LogP contribution in [-0.2, 0) is 23.9 Å². The van der Waals surface area contributed by atoms with Gasteiger partial charge in [-0.3, -0.25) is 24.5 Å². The molecular weight excluding hydrogens is 404 g/mol. The molecule has 1 aromatic rings. The molecule has 2 unspecified atom stereocenters. The van der Waals surface area contributed by atoms with Crippen molar-refractivity contribution in [3.8, 4) is 0 Å². The maximum atomic E-state index is 12.7. The van der Waals surface area contributed by atoms with Gasteiger partial charge in [-0.25, -0.2) is 4.99 Å². The summed E-state index contributed by atoms with van der Waals surface area (Å²) in [4.78, 5) is 52.4. The average molecular weight is 420 g/mol. The second-order valence-corrected chi connectivity index (χ2v) is 7.29. The number of carbonyl (C=O) groups is 3. The number of benzene rings is 1. The van der Waals surface area contributed by atoms with E-state index in [4.69, 9.17) is 27.4 Å². The van der Waals surface area contributed by atoms with Crippen molar-refractivity contribution in [2.75, 3.05) is 0 Å². The predicted octanol–water partition coefficient (Wildman–Crippen LogP) is 0.519. The van der Waals surface area contributed by atoms with Crippen LogP contribution in [0.1, 0.15) is 25.3 Å². The molecule has 2 heterocycles. The van der Waals surface area contributed by atoms with Gasteiger partial charge in [0, 0.05) is 31.9 Å². The van der Waals surface area contributed by atoms with Gasteiger partial charge in [-0.15, -0.1) is 0 Å². The topological polar surface area (TPSA) is 163 Å². The third-order valence-corrected chi connectivity index (χ3v) is 4.64. The Labute approximate surface area is 169 Å². The fourth-order valence-corrected chi connectivity index (χ4v) is 3.53. The molecule has 1 aromatic carbocycles. The van der Waals surface area contributed by atoms with E-state index in [1.54, 1.807) is 0 Å². The number of carbonyl (C=O) groups excluding carboxylic acids is 3. The molecule has 2 aliphatic heterocycles. The summed E-state index contributed by atoms with van der Waals surface area (Å²) in [6.07, 6.45) is 0. The number of hydrogen-bond acceptors (Lipinski definition) is 9. The zero-order valence-corrected chi connectivity index (χ0v) is 16.1. The number of aliphatic imine (C=N–C) groups is 1. The van der Waals surface area contributed by atoms with Crippen molar-refractivity contribution in [1.29, 1.82) is 0 Å². The molecule has 1 fully saturated rings. The number of rotatable bonds is 4. The lowest BCUT2D eigenvalue weighted by atomic mass is 9.74. The van der Waals surface area contributed by atoms with E-state index in [1.165, 1.54) is 32.0 Å². The van der Waals surface area contributed by atoms with Crippen LogP contribution < -0.4 is 11.1 Å². The van der Waals surface area contributed by atoms with E-state index in [-0.39, 0.29) is 22.2 Å². The van der Waals surface area contributed by atoms with E-state index in [0.29, 0.717) is 0 Å². The Morgan fingerprint density at radius 1 is 1.24 bits per heavy atom. The maximum Gasteiger partial charge on any atom is 0.324 e. The normalized spacial score (nSPS) is 22.8. The molecule has 0 bridgehead atoms. The van der Waals surface area contributed by atoms with Crippen LogP contribution in [0.15, 0.2) is 29.3 Å². The highest BCUT2D eigenvalue weighted by atomic mass is 32.1. The molecule has 1 amide bonds. The second-order valence-electron chi connectivity index (χ2n) is 6.91. The van der Waals surface area contributed by atoms with Crippen molar-refractivity contribution in [3.05, 3.63) is 39.9 Å².